The van der Waals surface area contributed by atoms with Gasteiger partial charge in [-0.05, 0) is 12.8 Å². The summed E-state index contributed by atoms with van der Waals surface area (Å²) in [6.07, 6.45) is 8.88. The Kier molecular flexibility index (Phi) is 62.5. The molecule has 19 heavy (non-hydrogen) atoms. The third-order valence-corrected chi connectivity index (χ3v) is 2.63. The number of hydrogen-bond acceptors (Lipinski definition) is 2. The van der Waals surface area contributed by atoms with Gasteiger partial charge < -0.3 is 25.3 Å². The van der Waals surface area contributed by atoms with E-state index in [4.69, 9.17) is 25.3 Å². The molecule has 0 rings (SSSR count). The number of rotatable bonds is 4. The van der Waals surface area contributed by atoms with Gasteiger partial charge in [-0.3, -0.25) is 0 Å². The molecular formula is C16H36S2Sn. The normalized spacial score (nSPS) is 11.1. The van der Waals surface area contributed by atoms with Crippen LogP contribution in [0.4, 0.5) is 0 Å². The van der Waals surface area contributed by atoms with Crippen molar-refractivity contribution >= 4 is 49.2 Å². The first-order valence-electron chi connectivity index (χ1n) is 7.24. The molecule has 0 aliphatic heterocycles. The van der Waals surface area contributed by atoms with E-state index >= 15 is 0 Å². The summed E-state index contributed by atoms with van der Waals surface area (Å²) in [5, 5.41) is 0.935. The van der Waals surface area contributed by atoms with Crippen LogP contribution < -0.4 is 0 Å². The van der Waals surface area contributed by atoms with Gasteiger partial charge in [-0.1, -0.05) is 81.1 Å². The van der Waals surface area contributed by atoms with Crippen LogP contribution in [0.2, 0.25) is 0 Å². The van der Waals surface area contributed by atoms with Gasteiger partial charge in [-0.25, -0.2) is 0 Å². The van der Waals surface area contributed by atoms with E-state index in [1.807, 2.05) is 13.8 Å². The first-order valence-corrected chi connectivity index (χ1v) is 8.19. The molecule has 0 aromatic rings. The molecule has 0 aromatic heterocycles. The van der Waals surface area contributed by atoms with Crippen molar-refractivity contribution in [2.24, 2.45) is 0 Å². The smallest absolute Gasteiger partial charge is 0.789 e. The van der Waals surface area contributed by atoms with Crippen molar-refractivity contribution in [1.82, 2.24) is 0 Å². The van der Waals surface area contributed by atoms with E-state index in [0.717, 1.165) is 12.8 Å². The molecule has 0 amide bonds. The number of hydrogen-bond donors (Lipinski definition) is 0. The van der Waals surface area contributed by atoms with Crippen LogP contribution >= 0.6 is 0 Å². The molecule has 0 N–H and O–H groups in total. The van der Waals surface area contributed by atoms with Crippen LogP contribution in [0.3, 0.4) is 0 Å². The average molecular weight is 411 g/mol. The van der Waals surface area contributed by atoms with Crippen LogP contribution in [0.1, 0.15) is 81.1 Å². The molecule has 0 saturated carbocycles. The second-order valence-electron chi connectivity index (χ2n) is 4.07. The molecule has 3 heteroatoms. The predicted molar refractivity (Wildman–Crippen MR) is 101 cm³/mol. The quantitative estimate of drug-likeness (QED) is 0.441. The van der Waals surface area contributed by atoms with E-state index in [0.29, 0.717) is 10.5 Å². The topological polar surface area (TPSA) is 0 Å². The number of unbranched alkanes of at least 4 members (excludes halogenated alkanes) is 2. The summed E-state index contributed by atoms with van der Waals surface area (Å²) in [5.41, 5.74) is 0. The molecule has 2 unspecified atom stereocenters. The second kappa shape index (κ2) is 36.6. The molecule has 0 aliphatic rings. The van der Waals surface area contributed by atoms with Gasteiger partial charge in [0.25, 0.3) is 0 Å². The van der Waals surface area contributed by atoms with Crippen LogP contribution in [0.15, 0.2) is 0 Å². The van der Waals surface area contributed by atoms with Crippen molar-refractivity contribution < 1.29 is 0 Å². The maximum atomic E-state index is 4.78. The van der Waals surface area contributed by atoms with E-state index in [9.17, 15) is 0 Å². The second-order valence-corrected chi connectivity index (χ2v) is 5.68. The summed E-state index contributed by atoms with van der Waals surface area (Å²) in [7, 11) is 0. The molecule has 0 saturated heterocycles. The van der Waals surface area contributed by atoms with Crippen molar-refractivity contribution in [3.63, 3.8) is 0 Å². The van der Waals surface area contributed by atoms with E-state index in [1.165, 1.54) is 12.8 Å². The van der Waals surface area contributed by atoms with E-state index in [2.05, 4.69) is 54.4 Å². The SMILES string of the molecule is CCC(C)[S-].CCC(C)[S-].C[CH]CC.C[CH]CC.[Sn+2]. The molecule has 2 atom stereocenters. The zero-order chi connectivity index (χ0) is 15.4. The largest absolute Gasteiger partial charge is 2.00 e. The summed E-state index contributed by atoms with van der Waals surface area (Å²) in [5.74, 6) is 0. The predicted octanol–water partition coefficient (Wildman–Crippen LogP) is 5.52. The van der Waals surface area contributed by atoms with Crippen molar-refractivity contribution in [2.45, 2.75) is 91.6 Å². The Labute approximate surface area is 153 Å². The van der Waals surface area contributed by atoms with Crippen LogP contribution in [-0.2, 0) is 25.3 Å². The Balaban J connectivity index is -0.0000000453. The van der Waals surface area contributed by atoms with Crippen molar-refractivity contribution in [1.29, 1.82) is 0 Å². The summed E-state index contributed by atoms with van der Waals surface area (Å²) in [6, 6.07) is 0. The Hall–Kier alpha value is 1.50. The molecule has 0 spiro atoms. The van der Waals surface area contributed by atoms with Crippen LogP contribution in [0.25, 0.3) is 0 Å². The molecule has 0 fully saturated rings. The fourth-order valence-electron chi connectivity index (χ4n) is 0. The molecule has 0 aromatic carbocycles. The zero-order valence-electron chi connectivity index (χ0n) is 14.5. The maximum Gasteiger partial charge on any atom is 2.00 e. The Morgan fingerprint density at radius 2 is 0.842 bits per heavy atom. The minimum Gasteiger partial charge on any atom is -0.789 e. The first kappa shape index (κ1) is 32.4. The van der Waals surface area contributed by atoms with Gasteiger partial charge in [0.15, 0.2) is 0 Å². The van der Waals surface area contributed by atoms with Crippen LogP contribution in [0, 0.1) is 12.8 Å². The van der Waals surface area contributed by atoms with E-state index < -0.39 is 0 Å². The summed E-state index contributed by atoms with van der Waals surface area (Å²) in [4.78, 5) is 0. The Morgan fingerprint density at radius 1 is 0.737 bits per heavy atom. The van der Waals surface area contributed by atoms with Gasteiger partial charge >= 0.3 is 23.9 Å². The molecule has 4 radical (unpaired) electrons. The van der Waals surface area contributed by atoms with Crippen LogP contribution in [0.5, 0.6) is 0 Å². The third kappa shape index (κ3) is 106. The maximum absolute atomic E-state index is 4.78. The molecule has 0 nitrogen and oxygen atoms in total. The van der Waals surface area contributed by atoms with Gasteiger partial charge in [0.2, 0.25) is 0 Å². The fraction of sp³-hybridized carbons (Fsp3) is 0.875. The van der Waals surface area contributed by atoms with Crippen molar-refractivity contribution in [2.75, 3.05) is 0 Å². The van der Waals surface area contributed by atoms with Gasteiger partial charge in [0.1, 0.15) is 0 Å². The molecule has 116 valence electrons. The molecule has 0 bridgehead atoms. The van der Waals surface area contributed by atoms with Crippen molar-refractivity contribution in [3.05, 3.63) is 12.8 Å². The Bertz CT molecular complexity index is 80.7. The Morgan fingerprint density at radius 3 is 0.842 bits per heavy atom. The van der Waals surface area contributed by atoms with Gasteiger partial charge in [-0.15, -0.1) is 0 Å². The third-order valence-electron chi connectivity index (χ3n) is 1.97. The van der Waals surface area contributed by atoms with E-state index in [1.54, 1.807) is 0 Å². The zero-order valence-corrected chi connectivity index (χ0v) is 18.9. The van der Waals surface area contributed by atoms with Gasteiger partial charge in [-0.2, -0.15) is 10.5 Å². The molecule has 0 aliphatic carbocycles. The van der Waals surface area contributed by atoms with Gasteiger partial charge in [0.05, 0.1) is 0 Å². The molecular weight excluding hydrogens is 375 g/mol. The summed E-state index contributed by atoms with van der Waals surface area (Å²) < 4.78 is 0. The average Bonchev–Trinajstić information content (AvgIpc) is 2.39. The summed E-state index contributed by atoms with van der Waals surface area (Å²) in [6.45, 7) is 16.6. The van der Waals surface area contributed by atoms with Gasteiger partial charge in [0, 0.05) is 0 Å². The molecule has 0 heterocycles. The fourth-order valence-corrected chi connectivity index (χ4v) is 0. The van der Waals surface area contributed by atoms with Crippen molar-refractivity contribution in [3.8, 4) is 0 Å². The monoisotopic (exact) mass is 412 g/mol. The minimum atomic E-state index is 0. The standard InChI is InChI=1S/2C4H10S.2C4H9.Sn/c2*1-3-4(2)5;2*1-3-4-2;/h2*4-5H,3H2,1-2H3;2*3H,4H2,1-2H3;/q;;;;+2/p-2. The van der Waals surface area contributed by atoms with E-state index in [-0.39, 0.29) is 23.9 Å². The summed E-state index contributed by atoms with van der Waals surface area (Å²) >= 11 is 9.56. The first-order chi connectivity index (χ1) is 8.37. The van der Waals surface area contributed by atoms with Crippen LogP contribution in [-0.4, -0.2) is 34.4 Å². The minimum absolute atomic E-state index is 0.